The highest BCUT2D eigenvalue weighted by atomic mass is 32.1. The van der Waals surface area contributed by atoms with E-state index in [1.165, 1.54) is 5.56 Å². The first-order valence-corrected chi connectivity index (χ1v) is 9.34. The summed E-state index contributed by atoms with van der Waals surface area (Å²) in [6.07, 6.45) is 6.65. The molecular formula is C20H21N3OS. The molecule has 2 aromatic heterocycles. The van der Waals surface area contributed by atoms with E-state index in [9.17, 15) is 4.79 Å². The molecule has 3 aromatic rings. The van der Waals surface area contributed by atoms with E-state index in [4.69, 9.17) is 0 Å². The predicted octanol–water partition coefficient (Wildman–Crippen LogP) is 3.89. The summed E-state index contributed by atoms with van der Waals surface area (Å²) in [5.74, 6) is 0.0891. The van der Waals surface area contributed by atoms with E-state index in [0.717, 1.165) is 29.1 Å². The fourth-order valence-corrected chi connectivity index (χ4v) is 3.35. The maximum atomic E-state index is 12.0. The molecule has 0 saturated carbocycles. The summed E-state index contributed by atoms with van der Waals surface area (Å²) in [5, 5.41) is 5.99. The Balaban J connectivity index is 1.37. The quantitative estimate of drug-likeness (QED) is 0.627. The number of pyridine rings is 1. The van der Waals surface area contributed by atoms with Crippen LogP contribution < -0.4 is 5.32 Å². The molecule has 0 aliphatic heterocycles. The summed E-state index contributed by atoms with van der Waals surface area (Å²) < 4.78 is 0. The monoisotopic (exact) mass is 351 g/mol. The van der Waals surface area contributed by atoms with Gasteiger partial charge in [-0.1, -0.05) is 30.3 Å². The van der Waals surface area contributed by atoms with Crippen LogP contribution in [0.3, 0.4) is 0 Å². The van der Waals surface area contributed by atoms with Gasteiger partial charge in [0.05, 0.1) is 10.7 Å². The zero-order chi connectivity index (χ0) is 17.3. The number of thiazole rings is 1. The van der Waals surface area contributed by atoms with E-state index in [-0.39, 0.29) is 5.91 Å². The Morgan fingerprint density at radius 2 is 1.96 bits per heavy atom. The topological polar surface area (TPSA) is 54.9 Å². The van der Waals surface area contributed by atoms with Gasteiger partial charge in [-0.15, -0.1) is 11.3 Å². The van der Waals surface area contributed by atoms with Crippen molar-refractivity contribution in [2.45, 2.75) is 25.7 Å². The van der Waals surface area contributed by atoms with E-state index < -0.39 is 0 Å². The first-order valence-electron chi connectivity index (χ1n) is 8.47. The number of hydrogen-bond acceptors (Lipinski definition) is 4. The van der Waals surface area contributed by atoms with Crippen molar-refractivity contribution in [1.29, 1.82) is 0 Å². The summed E-state index contributed by atoms with van der Waals surface area (Å²) in [7, 11) is 0. The number of carbonyl (C=O) groups is 1. The first kappa shape index (κ1) is 17.3. The second-order valence-corrected chi connectivity index (χ2v) is 6.75. The third kappa shape index (κ3) is 5.50. The van der Waals surface area contributed by atoms with Gasteiger partial charge in [0.2, 0.25) is 5.91 Å². The maximum absolute atomic E-state index is 12.0. The van der Waals surface area contributed by atoms with Crippen molar-refractivity contribution >= 4 is 17.2 Å². The van der Waals surface area contributed by atoms with Gasteiger partial charge in [-0.05, 0) is 30.5 Å². The Kier molecular flexibility index (Phi) is 6.29. The molecule has 0 saturated heterocycles. The molecule has 0 aliphatic rings. The van der Waals surface area contributed by atoms with Crippen LogP contribution in [0.5, 0.6) is 0 Å². The van der Waals surface area contributed by atoms with Crippen LogP contribution in [-0.2, 0) is 17.6 Å². The highest BCUT2D eigenvalue weighted by molar-refractivity contribution is 7.09. The van der Waals surface area contributed by atoms with Crippen LogP contribution >= 0.6 is 11.3 Å². The van der Waals surface area contributed by atoms with E-state index in [1.54, 1.807) is 23.7 Å². The van der Waals surface area contributed by atoms with Crippen LogP contribution in [-0.4, -0.2) is 22.4 Å². The maximum Gasteiger partial charge on any atom is 0.220 e. The molecule has 0 aliphatic carbocycles. The number of benzene rings is 1. The molecule has 0 spiro atoms. The number of nitrogens with zero attached hydrogens (tertiary/aromatic N) is 2. The number of amides is 1. The van der Waals surface area contributed by atoms with Crippen molar-refractivity contribution in [2.24, 2.45) is 0 Å². The molecule has 2 heterocycles. The minimum atomic E-state index is 0.0891. The number of hydrogen-bond donors (Lipinski definition) is 1. The zero-order valence-corrected chi connectivity index (χ0v) is 14.8. The van der Waals surface area contributed by atoms with Gasteiger partial charge in [0.1, 0.15) is 0 Å². The van der Waals surface area contributed by atoms with Crippen LogP contribution in [0, 0.1) is 0 Å². The van der Waals surface area contributed by atoms with Gasteiger partial charge in [0.15, 0.2) is 0 Å². The second-order valence-electron chi connectivity index (χ2n) is 5.81. The lowest BCUT2D eigenvalue weighted by molar-refractivity contribution is -0.121. The standard InChI is InChI=1S/C20H21N3OS/c24-19(22-13-4-8-16-6-2-1-3-7-16)10-11-20-23-18(15-25-20)17-9-5-12-21-14-17/h1-3,5-7,9,12,14-15H,4,8,10-11,13H2,(H,22,24). The molecule has 1 aromatic carbocycles. The Morgan fingerprint density at radius 3 is 2.76 bits per heavy atom. The summed E-state index contributed by atoms with van der Waals surface area (Å²) in [6.45, 7) is 0.715. The van der Waals surface area contributed by atoms with Crippen molar-refractivity contribution in [3.8, 4) is 11.3 Å². The average Bonchev–Trinajstić information content (AvgIpc) is 3.14. The number of rotatable bonds is 8. The van der Waals surface area contributed by atoms with Gasteiger partial charge in [0.25, 0.3) is 0 Å². The summed E-state index contributed by atoms with van der Waals surface area (Å²) in [4.78, 5) is 20.7. The van der Waals surface area contributed by atoms with Gasteiger partial charge in [0, 0.05) is 42.7 Å². The molecule has 0 fully saturated rings. The fraction of sp³-hybridized carbons (Fsp3) is 0.250. The second kappa shape index (κ2) is 9.08. The largest absolute Gasteiger partial charge is 0.356 e. The lowest BCUT2D eigenvalue weighted by Gasteiger charge is -2.04. The molecule has 25 heavy (non-hydrogen) atoms. The third-order valence-electron chi connectivity index (χ3n) is 3.88. The van der Waals surface area contributed by atoms with Crippen LogP contribution in [0.25, 0.3) is 11.3 Å². The molecule has 0 unspecified atom stereocenters. The molecule has 1 N–H and O–H groups in total. The minimum Gasteiger partial charge on any atom is -0.356 e. The molecule has 128 valence electrons. The van der Waals surface area contributed by atoms with Crippen molar-refractivity contribution in [1.82, 2.24) is 15.3 Å². The molecule has 0 bridgehead atoms. The molecule has 0 atom stereocenters. The fourth-order valence-electron chi connectivity index (χ4n) is 2.55. The Bertz CT molecular complexity index is 787. The average molecular weight is 351 g/mol. The molecule has 1 amide bonds. The van der Waals surface area contributed by atoms with E-state index in [1.807, 2.05) is 35.7 Å². The van der Waals surface area contributed by atoms with Crippen molar-refractivity contribution in [2.75, 3.05) is 6.54 Å². The molecule has 3 rings (SSSR count). The van der Waals surface area contributed by atoms with Gasteiger partial charge >= 0.3 is 0 Å². The van der Waals surface area contributed by atoms with E-state index >= 15 is 0 Å². The van der Waals surface area contributed by atoms with Crippen LogP contribution in [0.15, 0.2) is 60.2 Å². The van der Waals surface area contributed by atoms with E-state index in [2.05, 4.69) is 27.4 Å². The van der Waals surface area contributed by atoms with Gasteiger partial charge in [-0.2, -0.15) is 0 Å². The van der Waals surface area contributed by atoms with Crippen molar-refractivity contribution < 1.29 is 4.79 Å². The number of nitrogens with one attached hydrogen (secondary N) is 1. The Hall–Kier alpha value is -2.53. The highest BCUT2D eigenvalue weighted by Gasteiger charge is 2.07. The lowest BCUT2D eigenvalue weighted by Crippen LogP contribution is -2.24. The van der Waals surface area contributed by atoms with Crippen LogP contribution in [0.2, 0.25) is 0 Å². The van der Waals surface area contributed by atoms with Crippen molar-refractivity contribution in [3.05, 3.63) is 70.8 Å². The van der Waals surface area contributed by atoms with E-state index in [0.29, 0.717) is 19.4 Å². The summed E-state index contributed by atoms with van der Waals surface area (Å²) in [6, 6.07) is 14.2. The highest BCUT2D eigenvalue weighted by Crippen LogP contribution is 2.21. The molecular weight excluding hydrogens is 330 g/mol. The van der Waals surface area contributed by atoms with Gasteiger partial charge < -0.3 is 5.32 Å². The minimum absolute atomic E-state index is 0.0891. The van der Waals surface area contributed by atoms with Crippen LogP contribution in [0.4, 0.5) is 0 Å². The summed E-state index contributed by atoms with van der Waals surface area (Å²) >= 11 is 1.59. The summed E-state index contributed by atoms with van der Waals surface area (Å²) in [5.41, 5.74) is 3.24. The lowest BCUT2D eigenvalue weighted by atomic mass is 10.1. The smallest absolute Gasteiger partial charge is 0.220 e. The molecule has 4 nitrogen and oxygen atoms in total. The van der Waals surface area contributed by atoms with Crippen molar-refractivity contribution in [3.63, 3.8) is 0 Å². The number of carbonyl (C=O) groups excluding carboxylic acids is 1. The molecule has 5 heteroatoms. The predicted molar refractivity (Wildman–Crippen MR) is 101 cm³/mol. The first-order chi connectivity index (χ1) is 12.3. The third-order valence-corrected chi connectivity index (χ3v) is 4.79. The van der Waals surface area contributed by atoms with Gasteiger partial charge in [-0.25, -0.2) is 4.98 Å². The Labute approximate surface area is 152 Å². The molecule has 0 radical (unpaired) electrons. The number of aromatic nitrogens is 2. The van der Waals surface area contributed by atoms with Crippen LogP contribution in [0.1, 0.15) is 23.4 Å². The van der Waals surface area contributed by atoms with Gasteiger partial charge in [-0.3, -0.25) is 9.78 Å². The Morgan fingerprint density at radius 1 is 1.08 bits per heavy atom. The normalized spacial score (nSPS) is 10.6. The number of aryl methyl sites for hydroxylation is 2. The zero-order valence-electron chi connectivity index (χ0n) is 14.0. The SMILES string of the molecule is O=C(CCc1nc(-c2cccnc2)cs1)NCCCc1ccccc1.